The minimum Gasteiger partial charge on any atom is -0.480 e. The number of aliphatic carboxylic acids is 1. The topological polar surface area (TPSA) is 129 Å². The first-order valence-corrected chi connectivity index (χ1v) is 5.25. The highest BCUT2D eigenvalue weighted by Crippen LogP contribution is 1.93. The molecular formula is C9H15N5O4. The first kappa shape index (κ1) is 13.9. The number of aromatic nitrogens is 3. The van der Waals surface area contributed by atoms with E-state index in [4.69, 9.17) is 10.2 Å². The predicted octanol–water partition coefficient (Wildman–Crippen LogP) is -1.55. The number of carboxylic acid groups (broad SMARTS) is 1. The monoisotopic (exact) mass is 257 g/mol. The molecule has 1 atom stereocenters. The SMILES string of the molecule is Cn1cnnc1CNC(=O)NC(CCO)C(=O)O. The quantitative estimate of drug-likeness (QED) is 0.488. The minimum atomic E-state index is -1.20. The van der Waals surface area contributed by atoms with E-state index in [-0.39, 0.29) is 19.6 Å². The fourth-order valence-corrected chi connectivity index (χ4v) is 1.22. The van der Waals surface area contributed by atoms with Gasteiger partial charge in [-0.1, -0.05) is 0 Å². The molecule has 0 radical (unpaired) electrons. The summed E-state index contributed by atoms with van der Waals surface area (Å²) in [7, 11) is 1.72. The molecule has 0 aliphatic rings. The molecule has 18 heavy (non-hydrogen) atoms. The third-order valence-corrected chi connectivity index (χ3v) is 2.23. The molecule has 4 N–H and O–H groups in total. The normalized spacial score (nSPS) is 11.9. The van der Waals surface area contributed by atoms with Gasteiger partial charge < -0.3 is 25.4 Å². The molecule has 100 valence electrons. The summed E-state index contributed by atoms with van der Waals surface area (Å²) >= 11 is 0. The van der Waals surface area contributed by atoms with Gasteiger partial charge in [-0.3, -0.25) is 0 Å². The van der Waals surface area contributed by atoms with Crippen LogP contribution in [0.5, 0.6) is 0 Å². The number of rotatable bonds is 6. The highest BCUT2D eigenvalue weighted by atomic mass is 16.4. The van der Waals surface area contributed by atoms with E-state index in [0.717, 1.165) is 0 Å². The zero-order chi connectivity index (χ0) is 13.5. The Morgan fingerprint density at radius 3 is 2.78 bits per heavy atom. The highest BCUT2D eigenvalue weighted by molar-refractivity contribution is 5.82. The summed E-state index contributed by atoms with van der Waals surface area (Å²) in [4.78, 5) is 22.1. The van der Waals surface area contributed by atoms with Gasteiger partial charge in [0.15, 0.2) is 5.82 Å². The number of nitrogens with zero attached hydrogens (tertiary/aromatic N) is 3. The van der Waals surface area contributed by atoms with Crippen molar-refractivity contribution >= 4 is 12.0 Å². The molecule has 0 aliphatic carbocycles. The lowest BCUT2D eigenvalue weighted by molar-refractivity contribution is -0.139. The summed E-state index contributed by atoms with van der Waals surface area (Å²) in [6.07, 6.45) is 1.44. The van der Waals surface area contributed by atoms with E-state index in [1.807, 2.05) is 0 Å². The van der Waals surface area contributed by atoms with Crippen LogP contribution in [0.4, 0.5) is 4.79 Å². The molecule has 0 aromatic carbocycles. The standard InChI is InChI=1S/C9H15N5O4/c1-14-5-11-13-7(14)4-10-9(18)12-6(2-3-15)8(16)17/h5-6,15H,2-4H2,1H3,(H,16,17)(H2,10,12,18). The molecule has 0 fully saturated rings. The van der Waals surface area contributed by atoms with Crippen molar-refractivity contribution in [2.75, 3.05) is 6.61 Å². The van der Waals surface area contributed by atoms with Crippen LogP contribution in [0.25, 0.3) is 0 Å². The van der Waals surface area contributed by atoms with Crippen molar-refractivity contribution in [3.63, 3.8) is 0 Å². The van der Waals surface area contributed by atoms with Crippen molar-refractivity contribution < 1.29 is 19.8 Å². The first-order chi connectivity index (χ1) is 8.54. The van der Waals surface area contributed by atoms with E-state index in [9.17, 15) is 9.59 Å². The number of carbonyl (C=O) groups excluding carboxylic acids is 1. The van der Waals surface area contributed by atoms with E-state index in [2.05, 4.69) is 20.8 Å². The van der Waals surface area contributed by atoms with E-state index >= 15 is 0 Å². The van der Waals surface area contributed by atoms with Crippen LogP contribution >= 0.6 is 0 Å². The molecule has 9 heteroatoms. The van der Waals surface area contributed by atoms with Gasteiger partial charge in [0, 0.05) is 20.1 Å². The van der Waals surface area contributed by atoms with Crippen molar-refractivity contribution in [2.45, 2.75) is 19.0 Å². The molecule has 0 aliphatic heterocycles. The predicted molar refractivity (Wildman–Crippen MR) is 59.5 cm³/mol. The summed E-state index contributed by atoms with van der Waals surface area (Å²) in [5.41, 5.74) is 0. The maximum Gasteiger partial charge on any atom is 0.326 e. The second-order valence-electron chi connectivity index (χ2n) is 3.59. The Hall–Kier alpha value is -2.16. The van der Waals surface area contributed by atoms with Crippen LogP contribution < -0.4 is 10.6 Å². The average molecular weight is 257 g/mol. The molecule has 0 spiro atoms. The van der Waals surface area contributed by atoms with Gasteiger partial charge in [0.05, 0.1) is 6.54 Å². The molecule has 0 saturated carbocycles. The zero-order valence-electron chi connectivity index (χ0n) is 9.83. The van der Waals surface area contributed by atoms with Crippen molar-refractivity contribution in [3.8, 4) is 0 Å². The van der Waals surface area contributed by atoms with Crippen LogP contribution in [0, 0.1) is 0 Å². The van der Waals surface area contributed by atoms with Crippen LogP contribution in [0.3, 0.4) is 0 Å². The summed E-state index contributed by atoms with van der Waals surface area (Å²) in [6, 6.07) is -1.76. The molecule has 9 nitrogen and oxygen atoms in total. The Kier molecular flexibility index (Phi) is 5.06. The maximum atomic E-state index is 11.4. The number of aliphatic hydroxyl groups excluding tert-OH is 1. The highest BCUT2D eigenvalue weighted by Gasteiger charge is 2.19. The second-order valence-corrected chi connectivity index (χ2v) is 3.59. The second kappa shape index (κ2) is 6.55. The van der Waals surface area contributed by atoms with Gasteiger partial charge in [0.25, 0.3) is 0 Å². The lowest BCUT2D eigenvalue weighted by Crippen LogP contribution is -2.46. The summed E-state index contributed by atoms with van der Waals surface area (Å²) < 4.78 is 1.63. The van der Waals surface area contributed by atoms with E-state index < -0.39 is 18.0 Å². The third-order valence-electron chi connectivity index (χ3n) is 2.23. The number of hydrogen-bond donors (Lipinski definition) is 4. The van der Waals surface area contributed by atoms with Gasteiger partial charge in [-0.05, 0) is 0 Å². The Morgan fingerprint density at radius 2 is 2.28 bits per heavy atom. The molecular weight excluding hydrogens is 242 g/mol. The lowest BCUT2D eigenvalue weighted by Gasteiger charge is -2.13. The molecule has 1 unspecified atom stereocenters. The number of carbonyl (C=O) groups is 2. The van der Waals surface area contributed by atoms with Crippen molar-refractivity contribution in [1.82, 2.24) is 25.4 Å². The lowest BCUT2D eigenvalue weighted by atomic mass is 10.2. The van der Waals surface area contributed by atoms with E-state index in [1.165, 1.54) is 6.33 Å². The van der Waals surface area contributed by atoms with Crippen LogP contribution in [-0.2, 0) is 18.4 Å². The number of aryl methyl sites for hydroxylation is 1. The third kappa shape index (κ3) is 4.01. The van der Waals surface area contributed by atoms with Crippen LogP contribution in [0.2, 0.25) is 0 Å². The Labute approximate surface area is 103 Å². The molecule has 0 saturated heterocycles. The summed E-state index contributed by atoms with van der Waals surface area (Å²) in [6.45, 7) is -0.186. The van der Waals surface area contributed by atoms with Crippen LogP contribution in [-0.4, -0.2) is 49.6 Å². The number of aliphatic hydroxyl groups is 1. The number of urea groups is 1. The number of nitrogens with one attached hydrogen (secondary N) is 2. The Morgan fingerprint density at radius 1 is 1.56 bits per heavy atom. The van der Waals surface area contributed by atoms with Crippen molar-refractivity contribution in [2.24, 2.45) is 7.05 Å². The number of carboxylic acids is 1. The largest absolute Gasteiger partial charge is 0.480 e. The fraction of sp³-hybridized carbons (Fsp3) is 0.556. The van der Waals surface area contributed by atoms with Gasteiger partial charge in [-0.2, -0.15) is 0 Å². The molecule has 1 aromatic heterocycles. The van der Waals surface area contributed by atoms with Crippen LogP contribution in [0.1, 0.15) is 12.2 Å². The van der Waals surface area contributed by atoms with Gasteiger partial charge >= 0.3 is 12.0 Å². The molecule has 1 heterocycles. The molecule has 2 amide bonds. The Balaban J connectivity index is 2.41. The fourth-order valence-electron chi connectivity index (χ4n) is 1.22. The molecule has 1 aromatic rings. The van der Waals surface area contributed by atoms with Crippen molar-refractivity contribution in [3.05, 3.63) is 12.2 Å². The molecule has 0 bridgehead atoms. The molecule has 1 rings (SSSR count). The average Bonchev–Trinajstić information content (AvgIpc) is 2.71. The van der Waals surface area contributed by atoms with Gasteiger partial charge in [0.2, 0.25) is 0 Å². The van der Waals surface area contributed by atoms with Gasteiger partial charge in [-0.15, -0.1) is 10.2 Å². The van der Waals surface area contributed by atoms with Gasteiger partial charge in [0.1, 0.15) is 12.4 Å². The van der Waals surface area contributed by atoms with E-state index in [1.54, 1.807) is 11.6 Å². The summed E-state index contributed by atoms with van der Waals surface area (Å²) in [5, 5.41) is 29.5. The van der Waals surface area contributed by atoms with Crippen LogP contribution in [0.15, 0.2) is 6.33 Å². The number of amides is 2. The first-order valence-electron chi connectivity index (χ1n) is 5.25. The van der Waals surface area contributed by atoms with E-state index in [0.29, 0.717) is 5.82 Å². The summed E-state index contributed by atoms with van der Waals surface area (Å²) in [5.74, 6) is -0.656. The zero-order valence-corrected chi connectivity index (χ0v) is 9.83. The minimum absolute atomic E-state index is 0.0489. The maximum absolute atomic E-state index is 11.4. The van der Waals surface area contributed by atoms with Gasteiger partial charge in [-0.25, -0.2) is 9.59 Å². The van der Waals surface area contributed by atoms with Crippen molar-refractivity contribution in [1.29, 1.82) is 0 Å². The smallest absolute Gasteiger partial charge is 0.326 e. The number of hydrogen-bond acceptors (Lipinski definition) is 5. The Bertz CT molecular complexity index is 419.